The molecule has 0 bridgehead atoms. The zero-order valence-electron chi connectivity index (χ0n) is 10.6. The Morgan fingerprint density at radius 3 is 2.29 bits per heavy atom. The number of carbonyl (C=O) groups is 3. The van der Waals surface area contributed by atoms with Crippen molar-refractivity contribution in [3.05, 3.63) is 22.7 Å². The van der Waals surface area contributed by atoms with E-state index >= 15 is 0 Å². The number of amides is 2. The van der Waals surface area contributed by atoms with Gasteiger partial charge in [-0.15, -0.1) is 10.9 Å². The fourth-order valence-electron chi connectivity index (χ4n) is 1.99. The van der Waals surface area contributed by atoms with Crippen LogP contribution in [0.4, 0.5) is 16.2 Å². The van der Waals surface area contributed by atoms with Crippen LogP contribution in [0.5, 0.6) is 0 Å². The normalized spacial score (nSPS) is 15.4. The molecule has 0 spiro atoms. The molecule has 10 heteroatoms. The molecule has 0 fully saturated rings. The molecule has 1 heterocycles. The van der Waals surface area contributed by atoms with Crippen molar-refractivity contribution in [3.63, 3.8) is 0 Å². The Kier molecular flexibility index (Phi) is 4.23. The summed E-state index contributed by atoms with van der Waals surface area (Å²) in [5, 5.41) is 20.2. The Morgan fingerprint density at radius 2 is 1.76 bits per heavy atom. The minimum absolute atomic E-state index is 0.366. The summed E-state index contributed by atoms with van der Waals surface area (Å²) in [5.74, 6) is -2.36. The first kappa shape index (κ1) is 15.4. The number of aliphatic carboxylic acids is 2. The third-order valence-corrected chi connectivity index (χ3v) is 3.44. The smallest absolute Gasteiger partial charge is 0.465 e. The minimum atomic E-state index is -1.18. The number of urea groups is 1. The van der Waals surface area contributed by atoms with Gasteiger partial charge in [-0.1, -0.05) is 10.8 Å². The zero-order chi connectivity index (χ0) is 15.6. The SMILES string of the molecule is O=C(O)CN[N+]1(NCC(=O)O)C(=O)Nc2cccc(Br)c21. The molecule has 2 amide bonds. The number of carboxylic acids is 2. The molecule has 0 atom stereocenters. The van der Waals surface area contributed by atoms with Gasteiger partial charge in [-0.25, -0.2) is 4.79 Å². The lowest BCUT2D eigenvalue weighted by molar-refractivity contribution is -0.137. The van der Waals surface area contributed by atoms with Gasteiger partial charge in [-0.2, -0.15) is 0 Å². The van der Waals surface area contributed by atoms with Gasteiger partial charge in [0.15, 0.2) is 0 Å². The molecule has 1 aliphatic heterocycles. The predicted octanol–water partition coefficient (Wildman–Crippen LogP) is 0.480. The van der Waals surface area contributed by atoms with Crippen LogP contribution in [0.15, 0.2) is 22.7 Å². The van der Waals surface area contributed by atoms with Crippen molar-refractivity contribution in [1.29, 1.82) is 0 Å². The number of para-hydroxylation sites is 1. The van der Waals surface area contributed by atoms with E-state index in [1.54, 1.807) is 18.2 Å². The lowest BCUT2D eigenvalue weighted by atomic mass is 10.3. The van der Waals surface area contributed by atoms with Gasteiger partial charge in [-0.05, 0) is 28.1 Å². The number of hydrogen-bond donors (Lipinski definition) is 5. The van der Waals surface area contributed by atoms with Gasteiger partial charge in [0, 0.05) is 0 Å². The first-order chi connectivity index (χ1) is 9.86. The molecule has 1 aromatic carbocycles. The lowest BCUT2D eigenvalue weighted by Gasteiger charge is -2.28. The number of fused-ring (bicyclic) bond motifs is 1. The van der Waals surface area contributed by atoms with Crippen molar-refractivity contribution in [3.8, 4) is 0 Å². The lowest BCUT2D eigenvalue weighted by Crippen LogP contribution is -2.71. The van der Waals surface area contributed by atoms with E-state index in [4.69, 9.17) is 10.2 Å². The van der Waals surface area contributed by atoms with E-state index < -0.39 is 35.8 Å². The van der Waals surface area contributed by atoms with E-state index in [1.807, 2.05) is 0 Å². The monoisotopic (exact) mass is 359 g/mol. The Hall–Kier alpha value is -2.01. The van der Waals surface area contributed by atoms with Gasteiger partial charge in [-0.3, -0.25) is 14.9 Å². The van der Waals surface area contributed by atoms with Crippen LogP contribution in [-0.2, 0) is 9.59 Å². The number of nitrogens with zero attached hydrogens (tertiary/aromatic N) is 1. The summed E-state index contributed by atoms with van der Waals surface area (Å²) >= 11 is 3.28. The highest BCUT2D eigenvalue weighted by Gasteiger charge is 2.51. The molecule has 0 saturated carbocycles. The van der Waals surface area contributed by atoms with Crippen molar-refractivity contribution >= 4 is 45.3 Å². The number of anilines is 1. The maximum absolute atomic E-state index is 12.3. The van der Waals surface area contributed by atoms with E-state index in [0.717, 1.165) is 0 Å². The number of rotatable bonds is 6. The van der Waals surface area contributed by atoms with Crippen LogP contribution in [0.25, 0.3) is 0 Å². The number of hydrogen-bond acceptors (Lipinski definition) is 5. The van der Waals surface area contributed by atoms with Crippen LogP contribution in [-0.4, -0.2) is 41.3 Å². The highest BCUT2D eigenvalue weighted by atomic mass is 79.9. The second kappa shape index (κ2) is 5.77. The molecule has 0 radical (unpaired) electrons. The maximum atomic E-state index is 12.3. The second-order valence-electron chi connectivity index (χ2n) is 4.19. The number of carbonyl (C=O) groups excluding carboxylic acids is 1. The number of carboxylic acid groups (broad SMARTS) is 2. The van der Waals surface area contributed by atoms with Crippen molar-refractivity contribution in [2.45, 2.75) is 0 Å². The van der Waals surface area contributed by atoms with Crippen LogP contribution in [0.3, 0.4) is 0 Å². The predicted molar refractivity (Wildman–Crippen MR) is 76.2 cm³/mol. The number of nitrogens with one attached hydrogen (secondary N) is 3. The summed E-state index contributed by atoms with van der Waals surface area (Å²) in [6.07, 6.45) is 0. The Bertz CT molecular complexity index is 603. The summed E-state index contributed by atoms with van der Waals surface area (Å²) in [5.41, 5.74) is 5.85. The van der Waals surface area contributed by atoms with Gasteiger partial charge in [0.2, 0.25) is 5.69 Å². The Labute approximate surface area is 127 Å². The fourth-order valence-corrected chi connectivity index (χ4v) is 2.62. The van der Waals surface area contributed by atoms with Crippen molar-refractivity contribution < 1.29 is 24.6 Å². The molecule has 0 aromatic heterocycles. The van der Waals surface area contributed by atoms with Gasteiger partial charge >= 0.3 is 18.0 Å². The highest BCUT2D eigenvalue weighted by molar-refractivity contribution is 9.10. The molecule has 0 unspecified atom stereocenters. The minimum Gasteiger partial charge on any atom is -0.480 e. The molecular weight excluding hydrogens is 348 g/mol. The standard InChI is InChI=1S/C11H11BrN4O5/c12-6-2-1-3-7-10(6)16(11(21)15-7,13-4-8(17)18)14-5-9(19)20/h1-3,13-14H,4-5H2,(H2-,15,17,18,19,20,21)/p+1. The molecular formula is C11H12BrN4O5+. The maximum Gasteiger partial charge on any atom is 0.465 e. The summed E-state index contributed by atoms with van der Waals surface area (Å²) in [6.45, 7) is -1.08. The topological polar surface area (TPSA) is 128 Å². The third kappa shape index (κ3) is 2.88. The Morgan fingerprint density at radius 1 is 1.19 bits per heavy atom. The van der Waals surface area contributed by atoms with Gasteiger partial charge in [0.1, 0.15) is 18.8 Å². The summed E-state index contributed by atoms with van der Waals surface area (Å²) in [7, 11) is 0. The van der Waals surface area contributed by atoms with E-state index in [1.165, 1.54) is 0 Å². The van der Waals surface area contributed by atoms with Gasteiger partial charge in [0.25, 0.3) is 0 Å². The summed E-state index contributed by atoms with van der Waals surface area (Å²) in [4.78, 5) is 33.8. The molecule has 0 saturated heterocycles. The number of halogens is 1. The third-order valence-electron chi connectivity index (χ3n) is 2.80. The average Bonchev–Trinajstić information content (AvgIpc) is 2.68. The molecule has 21 heavy (non-hydrogen) atoms. The molecule has 1 aliphatic rings. The number of quaternary nitrogens is 1. The van der Waals surface area contributed by atoms with Crippen molar-refractivity contribution in [2.75, 3.05) is 18.4 Å². The first-order valence-electron chi connectivity index (χ1n) is 5.80. The fraction of sp³-hybridized carbons (Fsp3) is 0.182. The van der Waals surface area contributed by atoms with Crippen LogP contribution in [0.2, 0.25) is 0 Å². The van der Waals surface area contributed by atoms with Gasteiger partial charge in [0.05, 0.1) is 4.47 Å². The first-order valence-corrected chi connectivity index (χ1v) is 6.59. The number of benzene rings is 1. The average molecular weight is 360 g/mol. The molecule has 112 valence electrons. The molecule has 5 N–H and O–H groups in total. The summed E-state index contributed by atoms with van der Waals surface area (Å²) in [6, 6.07) is 4.36. The molecule has 0 aliphatic carbocycles. The van der Waals surface area contributed by atoms with Crippen molar-refractivity contribution in [1.82, 2.24) is 15.6 Å². The van der Waals surface area contributed by atoms with E-state index in [2.05, 4.69) is 32.1 Å². The van der Waals surface area contributed by atoms with Crippen LogP contribution in [0.1, 0.15) is 0 Å². The van der Waals surface area contributed by atoms with E-state index in [9.17, 15) is 14.4 Å². The highest BCUT2D eigenvalue weighted by Crippen LogP contribution is 2.41. The Balaban J connectivity index is 2.46. The molecule has 9 nitrogen and oxygen atoms in total. The van der Waals surface area contributed by atoms with Crippen LogP contribution < -0.4 is 20.9 Å². The largest absolute Gasteiger partial charge is 0.480 e. The van der Waals surface area contributed by atoms with E-state index in [-0.39, 0.29) is 0 Å². The van der Waals surface area contributed by atoms with Crippen LogP contribution in [0, 0.1) is 0 Å². The van der Waals surface area contributed by atoms with Crippen molar-refractivity contribution in [2.24, 2.45) is 0 Å². The van der Waals surface area contributed by atoms with Crippen LogP contribution >= 0.6 is 15.9 Å². The van der Waals surface area contributed by atoms with E-state index in [0.29, 0.717) is 15.8 Å². The quantitative estimate of drug-likeness (QED) is 0.467. The molecule has 1 aromatic rings. The van der Waals surface area contributed by atoms with Gasteiger partial charge < -0.3 is 10.2 Å². The second-order valence-corrected chi connectivity index (χ2v) is 5.05. The zero-order valence-corrected chi connectivity index (χ0v) is 12.2. The summed E-state index contributed by atoms with van der Waals surface area (Å²) < 4.78 is -0.302. The molecule has 2 rings (SSSR count).